The highest BCUT2D eigenvalue weighted by molar-refractivity contribution is 5.91. The predicted molar refractivity (Wildman–Crippen MR) is 87.3 cm³/mol. The lowest BCUT2D eigenvalue weighted by Gasteiger charge is -2.10. The summed E-state index contributed by atoms with van der Waals surface area (Å²) in [4.78, 5) is 20.6. The standard InChI is InChI=1S/C18H19N3O/c1-13-19-10-9-17(20-13)15-7-4-8-16(12-15)21-18(22)11-14-5-2-3-6-14/h2,4-5,7-10,12,14H,3,6,11H2,1H3,(H,21,22)/t14-/m1/s1. The zero-order valence-electron chi connectivity index (χ0n) is 12.6. The first-order valence-corrected chi connectivity index (χ1v) is 7.57. The normalized spacial score (nSPS) is 16.7. The van der Waals surface area contributed by atoms with Crippen LogP contribution in [0.1, 0.15) is 25.1 Å². The van der Waals surface area contributed by atoms with Gasteiger partial charge in [-0.25, -0.2) is 9.97 Å². The van der Waals surface area contributed by atoms with E-state index in [1.54, 1.807) is 6.20 Å². The second-order valence-corrected chi connectivity index (χ2v) is 5.59. The smallest absolute Gasteiger partial charge is 0.224 e. The monoisotopic (exact) mass is 293 g/mol. The van der Waals surface area contributed by atoms with E-state index in [4.69, 9.17) is 0 Å². The molecule has 0 aliphatic heterocycles. The van der Waals surface area contributed by atoms with E-state index in [9.17, 15) is 4.79 Å². The first-order valence-electron chi connectivity index (χ1n) is 7.57. The molecule has 0 radical (unpaired) electrons. The van der Waals surface area contributed by atoms with Gasteiger partial charge in [-0.05, 0) is 43.9 Å². The Morgan fingerprint density at radius 2 is 2.27 bits per heavy atom. The molecule has 0 saturated carbocycles. The first-order chi connectivity index (χ1) is 10.7. The Kier molecular flexibility index (Phi) is 4.28. The van der Waals surface area contributed by atoms with Gasteiger partial charge in [0.15, 0.2) is 0 Å². The fourth-order valence-electron chi connectivity index (χ4n) is 2.69. The molecular formula is C18H19N3O. The molecule has 4 nitrogen and oxygen atoms in total. The summed E-state index contributed by atoms with van der Waals surface area (Å²) in [5.41, 5.74) is 2.65. The molecule has 112 valence electrons. The van der Waals surface area contributed by atoms with E-state index in [1.165, 1.54) is 0 Å². The minimum Gasteiger partial charge on any atom is -0.326 e. The van der Waals surface area contributed by atoms with Crippen LogP contribution in [0, 0.1) is 12.8 Å². The lowest BCUT2D eigenvalue weighted by Crippen LogP contribution is -2.14. The van der Waals surface area contributed by atoms with Crippen molar-refractivity contribution >= 4 is 11.6 Å². The maximum atomic E-state index is 12.1. The van der Waals surface area contributed by atoms with Crippen molar-refractivity contribution in [1.29, 1.82) is 0 Å². The molecule has 1 heterocycles. The SMILES string of the molecule is Cc1nccc(-c2cccc(NC(=O)C[C@@H]3C=CCC3)c2)n1. The number of aromatic nitrogens is 2. The molecule has 3 rings (SSSR count). The van der Waals surface area contributed by atoms with Crippen LogP contribution in [0.2, 0.25) is 0 Å². The third-order valence-corrected chi connectivity index (χ3v) is 3.78. The Morgan fingerprint density at radius 1 is 1.36 bits per heavy atom. The number of aryl methyl sites for hydroxylation is 1. The van der Waals surface area contributed by atoms with Gasteiger partial charge in [-0.3, -0.25) is 4.79 Å². The molecule has 0 saturated heterocycles. The number of rotatable bonds is 4. The molecular weight excluding hydrogens is 274 g/mol. The lowest BCUT2D eigenvalue weighted by molar-refractivity contribution is -0.116. The van der Waals surface area contributed by atoms with Crippen molar-refractivity contribution in [2.24, 2.45) is 5.92 Å². The van der Waals surface area contributed by atoms with Gasteiger partial charge < -0.3 is 5.32 Å². The molecule has 1 aromatic heterocycles. The van der Waals surface area contributed by atoms with E-state index in [0.29, 0.717) is 12.3 Å². The van der Waals surface area contributed by atoms with Crippen molar-refractivity contribution in [3.8, 4) is 11.3 Å². The van der Waals surface area contributed by atoms with Crippen molar-refractivity contribution in [3.05, 3.63) is 54.5 Å². The van der Waals surface area contributed by atoms with Gasteiger partial charge in [-0.1, -0.05) is 24.3 Å². The maximum Gasteiger partial charge on any atom is 0.224 e. The molecule has 1 aliphatic rings. The van der Waals surface area contributed by atoms with E-state index in [0.717, 1.165) is 35.6 Å². The van der Waals surface area contributed by atoms with Crippen molar-refractivity contribution in [2.75, 3.05) is 5.32 Å². The number of hydrogen-bond donors (Lipinski definition) is 1. The molecule has 1 N–H and O–H groups in total. The average molecular weight is 293 g/mol. The van der Waals surface area contributed by atoms with Gasteiger partial charge in [0.1, 0.15) is 5.82 Å². The highest BCUT2D eigenvalue weighted by atomic mass is 16.1. The number of hydrogen-bond acceptors (Lipinski definition) is 3. The van der Waals surface area contributed by atoms with Crippen LogP contribution in [0.5, 0.6) is 0 Å². The highest BCUT2D eigenvalue weighted by Crippen LogP contribution is 2.23. The number of anilines is 1. The highest BCUT2D eigenvalue weighted by Gasteiger charge is 2.14. The summed E-state index contributed by atoms with van der Waals surface area (Å²) in [5, 5.41) is 2.98. The van der Waals surface area contributed by atoms with Gasteiger partial charge in [0, 0.05) is 23.9 Å². The predicted octanol–water partition coefficient (Wildman–Crippen LogP) is 3.75. The molecule has 1 amide bonds. The fraction of sp³-hybridized carbons (Fsp3) is 0.278. The Morgan fingerprint density at radius 3 is 3.05 bits per heavy atom. The Hall–Kier alpha value is -2.49. The van der Waals surface area contributed by atoms with E-state index in [1.807, 2.05) is 37.3 Å². The number of nitrogens with zero attached hydrogens (tertiary/aromatic N) is 2. The quantitative estimate of drug-likeness (QED) is 0.873. The molecule has 0 unspecified atom stereocenters. The Bertz CT molecular complexity index is 709. The summed E-state index contributed by atoms with van der Waals surface area (Å²) < 4.78 is 0. The summed E-state index contributed by atoms with van der Waals surface area (Å²) in [5.74, 6) is 1.18. The largest absolute Gasteiger partial charge is 0.326 e. The van der Waals surface area contributed by atoms with Gasteiger partial charge in [0.05, 0.1) is 5.69 Å². The molecule has 4 heteroatoms. The van der Waals surface area contributed by atoms with Crippen LogP contribution in [0.25, 0.3) is 11.3 Å². The summed E-state index contributed by atoms with van der Waals surface area (Å²) in [6.45, 7) is 1.87. The number of allylic oxidation sites excluding steroid dienone is 2. The van der Waals surface area contributed by atoms with Gasteiger partial charge in [0.2, 0.25) is 5.91 Å². The van der Waals surface area contributed by atoms with Crippen LogP contribution in [0.3, 0.4) is 0 Å². The lowest BCUT2D eigenvalue weighted by atomic mass is 10.0. The average Bonchev–Trinajstić information content (AvgIpc) is 3.00. The molecule has 1 aromatic carbocycles. The number of benzene rings is 1. The summed E-state index contributed by atoms with van der Waals surface area (Å²) in [6.07, 6.45) is 8.74. The van der Waals surface area contributed by atoms with Crippen LogP contribution >= 0.6 is 0 Å². The maximum absolute atomic E-state index is 12.1. The number of carbonyl (C=O) groups is 1. The molecule has 1 atom stereocenters. The number of nitrogens with one attached hydrogen (secondary N) is 1. The molecule has 2 aromatic rings. The van der Waals surface area contributed by atoms with Gasteiger partial charge in [-0.2, -0.15) is 0 Å². The molecule has 0 bridgehead atoms. The van der Waals surface area contributed by atoms with Crippen molar-refractivity contribution in [2.45, 2.75) is 26.2 Å². The van der Waals surface area contributed by atoms with Crippen molar-refractivity contribution in [3.63, 3.8) is 0 Å². The fourth-order valence-corrected chi connectivity index (χ4v) is 2.69. The Balaban J connectivity index is 1.71. The second-order valence-electron chi connectivity index (χ2n) is 5.59. The van der Waals surface area contributed by atoms with Gasteiger partial charge in [-0.15, -0.1) is 0 Å². The van der Waals surface area contributed by atoms with E-state index in [-0.39, 0.29) is 5.91 Å². The summed E-state index contributed by atoms with van der Waals surface area (Å²) >= 11 is 0. The van der Waals surface area contributed by atoms with Crippen LogP contribution in [-0.2, 0) is 4.79 Å². The second kappa shape index (κ2) is 6.52. The zero-order valence-corrected chi connectivity index (χ0v) is 12.6. The van der Waals surface area contributed by atoms with Gasteiger partial charge in [0.25, 0.3) is 0 Å². The van der Waals surface area contributed by atoms with Crippen molar-refractivity contribution < 1.29 is 4.79 Å². The van der Waals surface area contributed by atoms with Crippen LogP contribution in [0.15, 0.2) is 48.7 Å². The number of amides is 1. The van der Waals surface area contributed by atoms with E-state index in [2.05, 4.69) is 27.4 Å². The van der Waals surface area contributed by atoms with E-state index < -0.39 is 0 Å². The summed E-state index contributed by atoms with van der Waals surface area (Å²) in [6, 6.07) is 9.64. The third-order valence-electron chi connectivity index (χ3n) is 3.78. The van der Waals surface area contributed by atoms with E-state index >= 15 is 0 Å². The zero-order chi connectivity index (χ0) is 15.4. The minimum atomic E-state index is 0.0626. The molecule has 0 spiro atoms. The molecule has 0 fully saturated rings. The molecule has 1 aliphatic carbocycles. The van der Waals surface area contributed by atoms with Crippen LogP contribution in [-0.4, -0.2) is 15.9 Å². The topological polar surface area (TPSA) is 54.9 Å². The van der Waals surface area contributed by atoms with Crippen molar-refractivity contribution in [1.82, 2.24) is 9.97 Å². The number of carbonyl (C=O) groups excluding carboxylic acids is 1. The first kappa shape index (κ1) is 14.4. The minimum absolute atomic E-state index is 0.0626. The Labute approximate surface area is 130 Å². The van der Waals surface area contributed by atoms with Crippen LogP contribution < -0.4 is 5.32 Å². The third kappa shape index (κ3) is 3.58. The summed E-state index contributed by atoms with van der Waals surface area (Å²) in [7, 11) is 0. The van der Waals surface area contributed by atoms with Gasteiger partial charge >= 0.3 is 0 Å². The molecule has 22 heavy (non-hydrogen) atoms. The van der Waals surface area contributed by atoms with Crippen LogP contribution in [0.4, 0.5) is 5.69 Å².